The van der Waals surface area contributed by atoms with Crippen LogP contribution in [0.15, 0.2) is 17.2 Å². The van der Waals surface area contributed by atoms with Crippen molar-refractivity contribution in [1.82, 2.24) is 9.55 Å². The molecule has 5 heteroatoms. The standard InChI is InChI=1S/C10H17N3O2/c1-8(4-3-7-14)12-9-10(15)13(2)6-5-11-9/h5-6,8,14H,3-4,7H2,1-2H3,(H,11,12). The molecule has 15 heavy (non-hydrogen) atoms. The van der Waals surface area contributed by atoms with Crippen molar-refractivity contribution in [3.63, 3.8) is 0 Å². The Labute approximate surface area is 88.8 Å². The topological polar surface area (TPSA) is 67.2 Å². The molecular weight excluding hydrogens is 194 g/mol. The summed E-state index contributed by atoms with van der Waals surface area (Å²) in [5.41, 5.74) is -0.131. The minimum atomic E-state index is -0.131. The molecule has 1 heterocycles. The molecule has 1 aromatic rings. The number of anilines is 1. The maximum absolute atomic E-state index is 11.6. The largest absolute Gasteiger partial charge is 0.396 e. The number of aryl methyl sites for hydroxylation is 1. The molecule has 1 unspecified atom stereocenters. The molecule has 0 saturated carbocycles. The van der Waals surface area contributed by atoms with Crippen LogP contribution in [0.1, 0.15) is 19.8 Å². The minimum absolute atomic E-state index is 0.131. The third-order valence-electron chi connectivity index (χ3n) is 2.20. The van der Waals surface area contributed by atoms with Gasteiger partial charge in [-0.15, -0.1) is 0 Å². The van der Waals surface area contributed by atoms with Gasteiger partial charge in [0.25, 0.3) is 5.56 Å². The quantitative estimate of drug-likeness (QED) is 0.737. The second-order valence-electron chi connectivity index (χ2n) is 3.60. The van der Waals surface area contributed by atoms with Crippen molar-refractivity contribution in [1.29, 1.82) is 0 Å². The summed E-state index contributed by atoms with van der Waals surface area (Å²) in [4.78, 5) is 15.5. The number of hydrogen-bond acceptors (Lipinski definition) is 4. The number of nitrogens with one attached hydrogen (secondary N) is 1. The molecule has 2 N–H and O–H groups in total. The second kappa shape index (κ2) is 5.50. The van der Waals surface area contributed by atoms with Gasteiger partial charge in [0, 0.05) is 32.1 Å². The smallest absolute Gasteiger partial charge is 0.293 e. The molecular formula is C10H17N3O2. The highest BCUT2D eigenvalue weighted by molar-refractivity contribution is 5.31. The fraction of sp³-hybridized carbons (Fsp3) is 0.600. The number of aromatic nitrogens is 2. The molecule has 0 aromatic carbocycles. The molecule has 0 spiro atoms. The van der Waals surface area contributed by atoms with Crippen molar-refractivity contribution in [2.75, 3.05) is 11.9 Å². The Balaban J connectivity index is 2.64. The highest BCUT2D eigenvalue weighted by Gasteiger charge is 2.06. The Morgan fingerprint density at radius 3 is 3.07 bits per heavy atom. The molecule has 5 nitrogen and oxygen atoms in total. The number of nitrogens with zero attached hydrogens (tertiary/aromatic N) is 2. The summed E-state index contributed by atoms with van der Waals surface area (Å²) in [6, 6.07) is 0.139. The van der Waals surface area contributed by atoms with Crippen molar-refractivity contribution in [3.05, 3.63) is 22.7 Å². The van der Waals surface area contributed by atoms with Crippen LogP contribution in [0.25, 0.3) is 0 Å². The Morgan fingerprint density at radius 1 is 1.67 bits per heavy atom. The van der Waals surface area contributed by atoms with E-state index in [-0.39, 0.29) is 18.2 Å². The molecule has 0 radical (unpaired) electrons. The molecule has 1 rings (SSSR count). The van der Waals surface area contributed by atoms with E-state index in [4.69, 9.17) is 5.11 Å². The van der Waals surface area contributed by atoms with E-state index in [0.717, 1.165) is 12.8 Å². The van der Waals surface area contributed by atoms with Gasteiger partial charge >= 0.3 is 0 Å². The van der Waals surface area contributed by atoms with Crippen LogP contribution >= 0.6 is 0 Å². The van der Waals surface area contributed by atoms with Crippen LogP contribution in [0.3, 0.4) is 0 Å². The average molecular weight is 211 g/mol. The molecule has 0 aliphatic carbocycles. The molecule has 0 aliphatic heterocycles. The fourth-order valence-electron chi connectivity index (χ4n) is 1.30. The van der Waals surface area contributed by atoms with Gasteiger partial charge in [0.1, 0.15) is 0 Å². The first-order valence-electron chi connectivity index (χ1n) is 5.04. The lowest BCUT2D eigenvalue weighted by Crippen LogP contribution is -2.26. The Morgan fingerprint density at radius 2 is 2.40 bits per heavy atom. The SMILES string of the molecule is CC(CCCO)Nc1nccn(C)c1=O. The lowest BCUT2D eigenvalue weighted by atomic mass is 10.2. The molecule has 0 fully saturated rings. The van der Waals surface area contributed by atoms with E-state index < -0.39 is 0 Å². The van der Waals surface area contributed by atoms with Crippen LogP contribution in [0.2, 0.25) is 0 Å². The highest BCUT2D eigenvalue weighted by atomic mass is 16.2. The lowest BCUT2D eigenvalue weighted by Gasteiger charge is -2.13. The normalized spacial score (nSPS) is 12.5. The summed E-state index contributed by atoms with van der Waals surface area (Å²) in [5.74, 6) is 0.366. The molecule has 1 atom stereocenters. The van der Waals surface area contributed by atoms with Gasteiger partial charge in [-0.25, -0.2) is 4.98 Å². The van der Waals surface area contributed by atoms with Gasteiger partial charge in [-0.2, -0.15) is 0 Å². The molecule has 84 valence electrons. The lowest BCUT2D eigenvalue weighted by molar-refractivity contribution is 0.282. The second-order valence-corrected chi connectivity index (χ2v) is 3.60. The Hall–Kier alpha value is -1.36. The van der Waals surface area contributed by atoms with Crippen LogP contribution in [0.4, 0.5) is 5.82 Å². The van der Waals surface area contributed by atoms with E-state index >= 15 is 0 Å². The molecule has 1 aromatic heterocycles. The van der Waals surface area contributed by atoms with E-state index in [1.54, 1.807) is 19.4 Å². The summed E-state index contributed by atoms with van der Waals surface area (Å²) in [5, 5.41) is 11.7. The van der Waals surface area contributed by atoms with Crippen LogP contribution in [-0.2, 0) is 7.05 Å². The summed E-state index contributed by atoms with van der Waals surface area (Å²) < 4.78 is 1.48. The Kier molecular flexibility index (Phi) is 4.30. The molecule has 0 amide bonds. The summed E-state index contributed by atoms with van der Waals surface area (Å²) >= 11 is 0. The zero-order valence-corrected chi connectivity index (χ0v) is 9.10. The van der Waals surface area contributed by atoms with Crippen molar-refractivity contribution in [3.8, 4) is 0 Å². The van der Waals surface area contributed by atoms with E-state index in [0.29, 0.717) is 5.82 Å². The molecule has 0 saturated heterocycles. The number of rotatable bonds is 5. The van der Waals surface area contributed by atoms with Gasteiger partial charge in [0.2, 0.25) is 0 Å². The summed E-state index contributed by atoms with van der Waals surface area (Å²) in [6.07, 6.45) is 4.74. The van der Waals surface area contributed by atoms with E-state index in [1.165, 1.54) is 4.57 Å². The van der Waals surface area contributed by atoms with Crippen molar-refractivity contribution in [2.24, 2.45) is 7.05 Å². The van der Waals surface area contributed by atoms with E-state index in [9.17, 15) is 4.79 Å². The highest BCUT2D eigenvalue weighted by Crippen LogP contribution is 2.02. The zero-order valence-electron chi connectivity index (χ0n) is 9.10. The van der Waals surface area contributed by atoms with E-state index in [1.807, 2.05) is 6.92 Å². The van der Waals surface area contributed by atoms with Gasteiger partial charge in [-0.1, -0.05) is 0 Å². The maximum atomic E-state index is 11.6. The van der Waals surface area contributed by atoms with Crippen LogP contribution in [0, 0.1) is 0 Å². The number of aliphatic hydroxyl groups excluding tert-OH is 1. The van der Waals surface area contributed by atoms with Crippen LogP contribution < -0.4 is 10.9 Å². The fourth-order valence-corrected chi connectivity index (χ4v) is 1.30. The number of aliphatic hydroxyl groups is 1. The first kappa shape index (κ1) is 11.7. The predicted molar refractivity (Wildman–Crippen MR) is 58.9 cm³/mol. The van der Waals surface area contributed by atoms with Crippen LogP contribution in [0.5, 0.6) is 0 Å². The van der Waals surface area contributed by atoms with E-state index in [2.05, 4.69) is 10.3 Å². The van der Waals surface area contributed by atoms with Crippen LogP contribution in [-0.4, -0.2) is 27.3 Å². The van der Waals surface area contributed by atoms with Gasteiger partial charge in [-0.05, 0) is 19.8 Å². The van der Waals surface area contributed by atoms with Crippen molar-refractivity contribution >= 4 is 5.82 Å². The van der Waals surface area contributed by atoms with Gasteiger partial charge in [0.15, 0.2) is 5.82 Å². The average Bonchev–Trinajstić information content (AvgIpc) is 2.22. The molecule has 0 aliphatic rings. The predicted octanol–water partition coefficient (Wildman–Crippen LogP) is 0.353. The van der Waals surface area contributed by atoms with Crippen molar-refractivity contribution in [2.45, 2.75) is 25.8 Å². The van der Waals surface area contributed by atoms with Gasteiger partial charge < -0.3 is 15.0 Å². The maximum Gasteiger partial charge on any atom is 0.293 e. The monoisotopic (exact) mass is 211 g/mol. The van der Waals surface area contributed by atoms with Gasteiger partial charge in [0.05, 0.1) is 0 Å². The first-order valence-corrected chi connectivity index (χ1v) is 5.04. The summed E-state index contributed by atoms with van der Waals surface area (Å²) in [6.45, 7) is 2.13. The zero-order chi connectivity index (χ0) is 11.3. The third kappa shape index (κ3) is 3.36. The minimum Gasteiger partial charge on any atom is -0.396 e. The number of hydrogen-bond donors (Lipinski definition) is 2. The Bertz CT molecular complexity index is 362. The molecule has 0 bridgehead atoms. The first-order chi connectivity index (χ1) is 7.15. The summed E-state index contributed by atoms with van der Waals surface area (Å²) in [7, 11) is 1.69. The van der Waals surface area contributed by atoms with Gasteiger partial charge in [-0.3, -0.25) is 4.79 Å². The third-order valence-corrected chi connectivity index (χ3v) is 2.20. The van der Waals surface area contributed by atoms with Crippen molar-refractivity contribution < 1.29 is 5.11 Å².